The minimum Gasteiger partial charge on any atom is -0.212 e. The molecule has 2 heterocycles. The molecule has 0 aliphatic rings. The molecule has 0 spiro atoms. The predicted octanol–water partition coefficient (Wildman–Crippen LogP) is 1.46. The zero-order valence-electron chi connectivity index (χ0n) is 6.01. The van der Waals surface area contributed by atoms with Crippen molar-refractivity contribution in [1.29, 1.82) is 0 Å². The molecule has 2 rings (SSSR count). The lowest BCUT2D eigenvalue weighted by molar-refractivity contribution is 0.843. The number of aromatic nitrogens is 4. The molecule has 4 nitrogen and oxygen atoms in total. The van der Waals surface area contributed by atoms with Crippen LogP contribution in [0.5, 0.6) is 0 Å². The number of alkyl halides is 1. The molecule has 0 N–H and O–H groups in total. The van der Waals surface area contributed by atoms with E-state index >= 15 is 0 Å². The lowest BCUT2D eigenvalue weighted by atomic mass is 10.8. The van der Waals surface area contributed by atoms with E-state index < -0.39 is 0 Å². The maximum absolute atomic E-state index is 5.58. The Morgan fingerprint density at radius 2 is 2.42 bits per heavy atom. The summed E-state index contributed by atoms with van der Waals surface area (Å²) in [6, 6.07) is 1.84. The van der Waals surface area contributed by atoms with Crippen LogP contribution in [-0.4, -0.2) is 20.0 Å². The number of hydrogen-bond acceptors (Lipinski definition) is 4. The van der Waals surface area contributed by atoms with E-state index in [2.05, 4.69) is 15.3 Å². The van der Waals surface area contributed by atoms with E-state index in [4.69, 9.17) is 11.6 Å². The summed E-state index contributed by atoms with van der Waals surface area (Å²) in [4.78, 5) is 0. The summed E-state index contributed by atoms with van der Waals surface area (Å²) in [6.45, 7) is 0. The normalized spacial score (nSPS) is 10.4. The predicted molar refractivity (Wildman–Crippen MR) is 46.6 cm³/mol. The van der Waals surface area contributed by atoms with Crippen molar-refractivity contribution in [2.75, 3.05) is 0 Å². The molecule has 12 heavy (non-hydrogen) atoms. The highest BCUT2D eigenvalue weighted by Crippen LogP contribution is 2.14. The minimum atomic E-state index is 0.402. The summed E-state index contributed by atoms with van der Waals surface area (Å²) in [5, 5.41) is 13.3. The molecular weight excluding hydrogens is 196 g/mol. The van der Waals surface area contributed by atoms with Gasteiger partial charge in [0.25, 0.3) is 0 Å². The molecule has 6 heteroatoms. The Morgan fingerprint density at radius 3 is 3.00 bits per heavy atom. The summed E-state index contributed by atoms with van der Waals surface area (Å²) in [5.41, 5.74) is 0. The van der Waals surface area contributed by atoms with Gasteiger partial charge in [-0.15, -0.1) is 21.8 Å². The summed E-state index contributed by atoms with van der Waals surface area (Å²) in [5.74, 6) is 0.402. The van der Waals surface area contributed by atoms with Crippen molar-refractivity contribution in [1.82, 2.24) is 20.0 Å². The highest BCUT2D eigenvalue weighted by atomic mass is 35.5. The largest absolute Gasteiger partial charge is 0.232 e. The zero-order valence-corrected chi connectivity index (χ0v) is 7.59. The Kier molecular flexibility index (Phi) is 2.05. The molecule has 0 bridgehead atoms. The first-order valence-electron chi connectivity index (χ1n) is 3.28. The van der Waals surface area contributed by atoms with Gasteiger partial charge in [-0.3, -0.25) is 0 Å². The van der Waals surface area contributed by atoms with Crippen LogP contribution in [0.25, 0.3) is 5.13 Å². The van der Waals surface area contributed by atoms with Crippen molar-refractivity contribution >= 4 is 22.9 Å². The highest BCUT2D eigenvalue weighted by molar-refractivity contribution is 7.13. The van der Waals surface area contributed by atoms with Crippen molar-refractivity contribution in [3.05, 3.63) is 23.5 Å². The van der Waals surface area contributed by atoms with Gasteiger partial charge >= 0.3 is 0 Å². The molecule has 0 saturated heterocycles. The lowest BCUT2D eigenvalue weighted by Crippen LogP contribution is -1.92. The fourth-order valence-electron chi connectivity index (χ4n) is 0.773. The lowest BCUT2D eigenvalue weighted by Gasteiger charge is -1.88. The van der Waals surface area contributed by atoms with E-state index in [1.54, 1.807) is 10.9 Å². The van der Waals surface area contributed by atoms with Gasteiger partial charge in [0, 0.05) is 12.4 Å². The average molecular weight is 201 g/mol. The zero-order chi connectivity index (χ0) is 8.39. The first-order valence-corrected chi connectivity index (χ1v) is 4.63. The van der Waals surface area contributed by atoms with E-state index in [1.807, 2.05) is 12.3 Å². The number of hydrogen-bond donors (Lipinski definition) is 0. The summed E-state index contributed by atoms with van der Waals surface area (Å²) in [6.07, 6.45) is 3.51. The van der Waals surface area contributed by atoms with E-state index in [0.29, 0.717) is 5.88 Å². The van der Waals surface area contributed by atoms with Gasteiger partial charge in [-0.05, 0) is 6.07 Å². The Balaban J connectivity index is 2.35. The monoisotopic (exact) mass is 200 g/mol. The SMILES string of the molecule is ClCc1nnc(-n2cccn2)s1. The molecule has 0 aliphatic heterocycles. The Morgan fingerprint density at radius 1 is 1.50 bits per heavy atom. The van der Waals surface area contributed by atoms with Crippen molar-refractivity contribution in [2.45, 2.75) is 5.88 Å². The van der Waals surface area contributed by atoms with E-state index in [-0.39, 0.29) is 0 Å². The second kappa shape index (κ2) is 3.20. The Labute approximate surface area is 77.8 Å². The first-order chi connectivity index (χ1) is 5.90. The smallest absolute Gasteiger partial charge is 0.212 e. The first kappa shape index (κ1) is 7.70. The van der Waals surface area contributed by atoms with Gasteiger partial charge in [-0.1, -0.05) is 11.3 Å². The molecular formula is C6H5ClN4S. The van der Waals surface area contributed by atoms with Crippen molar-refractivity contribution < 1.29 is 0 Å². The molecule has 2 aromatic heterocycles. The van der Waals surface area contributed by atoms with E-state index in [0.717, 1.165) is 10.1 Å². The van der Waals surface area contributed by atoms with Gasteiger partial charge in [-0.25, -0.2) is 4.68 Å². The topological polar surface area (TPSA) is 43.6 Å². The fraction of sp³-hybridized carbons (Fsp3) is 0.167. The maximum atomic E-state index is 5.58. The van der Waals surface area contributed by atoms with Crippen LogP contribution in [0.15, 0.2) is 18.5 Å². The molecule has 0 aliphatic carbocycles. The van der Waals surface area contributed by atoms with Crippen LogP contribution in [0.2, 0.25) is 0 Å². The van der Waals surface area contributed by atoms with Crippen molar-refractivity contribution in [3.63, 3.8) is 0 Å². The minimum absolute atomic E-state index is 0.402. The van der Waals surface area contributed by atoms with Crippen LogP contribution in [0.4, 0.5) is 0 Å². The van der Waals surface area contributed by atoms with E-state index in [1.165, 1.54) is 11.3 Å². The third kappa shape index (κ3) is 1.33. The van der Waals surface area contributed by atoms with Crippen LogP contribution < -0.4 is 0 Å². The number of nitrogens with zero attached hydrogens (tertiary/aromatic N) is 4. The number of rotatable bonds is 2. The van der Waals surface area contributed by atoms with Gasteiger partial charge < -0.3 is 0 Å². The van der Waals surface area contributed by atoms with Crippen LogP contribution in [0, 0.1) is 0 Å². The number of halogens is 1. The Bertz CT molecular complexity index is 355. The quantitative estimate of drug-likeness (QED) is 0.690. The Hall–Kier alpha value is -0.940. The van der Waals surface area contributed by atoms with Gasteiger partial charge in [0.1, 0.15) is 5.01 Å². The molecule has 0 fully saturated rings. The molecule has 0 amide bonds. The van der Waals surface area contributed by atoms with Gasteiger partial charge in [0.2, 0.25) is 5.13 Å². The molecule has 0 unspecified atom stereocenters. The molecule has 62 valence electrons. The molecule has 0 atom stereocenters. The molecule has 0 radical (unpaired) electrons. The molecule has 0 aromatic carbocycles. The second-order valence-electron chi connectivity index (χ2n) is 2.06. The van der Waals surface area contributed by atoms with Crippen LogP contribution in [0.1, 0.15) is 5.01 Å². The highest BCUT2D eigenvalue weighted by Gasteiger charge is 2.03. The van der Waals surface area contributed by atoms with Crippen LogP contribution in [-0.2, 0) is 5.88 Å². The maximum Gasteiger partial charge on any atom is 0.232 e. The summed E-state index contributed by atoms with van der Waals surface area (Å²) < 4.78 is 1.66. The molecule has 0 saturated carbocycles. The second-order valence-corrected chi connectivity index (χ2v) is 3.37. The van der Waals surface area contributed by atoms with Crippen molar-refractivity contribution in [3.8, 4) is 5.13 Å². The van der Waals surface area contributed by atoms with Crippen molar-refractivity contribution in [2.24, 2.45) is 0 Å². The van der Waals surface area contributed by atoms with E-state index in [9.17, 15) is 0 Å². The van der Waals surface area contributed by atoms with Gasteiger partial charge in [0.05, 0.1) is 5.88 Å². The van der Waals surface area contributed by atoms with Crippen LogP contribution in [0.3, 0.4) is 0 Å². The molecule has 2 aromatic rings. The third-order valence-corrected chi connectivity index (χ3v) is 2.60. The average Bonchev–Trinajstić information content (AvgIpc) is 2.75. The summed E-state index contributed by atoms with van der Waals surface area (Å²) in [7, 11) is 0. The van der Waals surface area contributed by atoms with Gasteiger partial charge in [-0.2, -0.15) is 5.10 Å². The summed E-state index contributed by atoms with van der Waals surface area (Å²) >= 11 is 7.02. The van der Waals surface area contributed by atoms with Gasteiger partial charge in [0.15, 0.2) is 0 Å². The third-order valence-electron chi connectivity index (χ3n) is 1.27. The van der Waals surface area contributed by atoms with Crippen LogP contribution >= 0.6 is 22.9 Å². The fourth-order valence-corrected chi connectivity index (χ4v) is 1.62. The standard InChI is InChI=1S/C6H5ClN4S/c7-4-5-9-10-6(12-5)11-3-1-2-8-11/h1-3H,4H2.